The summed E-state index contributed by atoms with van der Waals surface area (Å²) >= 11 is 0. The monoisotopic (exact) mass is 453 g/mol. The van der Waals surface area contributed by atoms with Crippen LogP contribution in [-0.2, 0) is 12.0 Å². The zero-order valence-corrected chi connectivity index (χ0v) is 20.7. The molecular weight excluding hydrogens is 418 g/mol. The van der Waals surface area contributed by atoms with Crippen molar-refractivity contribution in [1.29, 1.82) is 5.41 Å². The highest BCUT2D eigenvalue weighted by atomic mass is 16.5. The van der Waals surface area contributed by atoms with Crippen LogP contribution in [0.15, 0.2) is 24.3 Å². The fraction of sp³-hybridized carbons (Fsp3) is 0.520. The number of Topliss-reactive ketones (excluding diaryl/α,β-unsaturated/α-hetero) is 1. The highest BCUT2D eigenvalue weighted by molar-refractivity contribution is 5.96. The van der Waals surface area contributed by atoms with E-state index in [0.717, 1.165) is 17.5 Å². The Balaban J connectivity index is 2.02. The minimum atomic E-state index is -0.138. The number of rotatable bonds is 9. The number of carbonyl (C=O) groups excluding carboxylic acids is 1. The molecule has 1 N–H and O–H groups in total. The molecular formula is C25H35N5O3. The minimum Gasteiger partial charge on any atom is -0.494 e. The van der Waals surface area contributed by atoms with E-state index in [9.17, 15) is 4.79 Å². The van der Waals surface area contributed by atoms with Gasteiger partial charge in [0.05, 0.1) is 13.2 Å². The van der Waals surface area contributed by atoms with Gasteiger partial charge in [-0.15, -0.1) is 10.2 Å². The SMILES string of the molecule is CCCOc1cc(C(=O)Cn2nc3c(C(C)C)cc(OCC)nn3c2=N)cc(C(C)(C)C)c1. The van der Waals surface area contributed by atoms with Crippen LogP contribution in [0.3, 0.4) is 0 Å². The van der Waals surface area contributed by atoms with Crippen LogP contribution in [0, 0.1) is 5.41 Å². The maximum absolute atomic E-state index is 13.3. The topological polar surface area (TPSA) is 94.5 Å². The van der Waals surface area contributed by atoms with Crippen molar-refractivity contribution in [2.24, 2.45) is 0 Å². The molecule has 0 saturated carbocycles. The van der Waals surface area contributed by atoms with Crippen LogP contribution in [0.25, 0.3) is 5.65 Å². The summed E-state index contributed by atoms with van der Waals surface area (Å²) in [7, 11) is 0. The second-order valence-corrected chi connectivity index (χ2v) is 9.51. The van der Waals surface area contributed by atoms with E-state index in [1.165, 1.54) is 9.20 Å². The van der Waals surface area contributed by atoms with Crippen molar-refractivity contribution in [3.05, 3.63) is 46.6 Å². The highest BCUT2D eigenvalue weighted by Gasteiger charge is 2.20. The van der Waals surface area contributed by atoms with Gasteiger partial charge in [-0.3, -0.25) is 10.2 Å². The Morgan fingerprint density at radius 1 is 1.09 bits per heavy atom. The molecule has 0 bridgehead atoms. The number of nitrogens with zero attached hydrogens (tertiary/aromatic N) is 4. The Hall–Kier alpha value is -3.16. The number of ketones is 1. The highest BCUT2D eigenvalue weighted by Crippen LogP contribution is 2.28. The normalized spacial score (nSPS) is 11.9. The first-order valence-electron chi connectivity index (χ1n) is 11.5. The zero-order valence-electron chi connectivity index (χ0n) is 20.7. The van der Waals surface area contributed by atoms with Gasteiger partial charge in [-0.25, -0.2) is 4.68 Å². The summed E-state index contributed by atoms with van der Waals surface area (Å²) in [4.78, 5) is 13.3. The van der Waals surface area contributed by atoms with Gasteiger partial charge < -0.3 is 9.47 Å². The number of hydrogen-bond donors (Lipinski definition) is 1. The van der Waals surface area contributed by atoms with Crippen LogP contribution < -0.4 is 15.1 Å². The number of fused-ring (bicyclic) bond motifs is 1. The minimum absolute atomic E-state index is 0.0243. The van der Waals surface area contributed by atoms with E-state index in [1.54, 1.807) is 6.07 Å². The summed E-state index contributed by atoms with van der Waals surface area (Å²) in [6.07, 6.45) is 0.886. The van der Waals surface area contributed by atoms with Crippen LogP contribution >= 0.6 is 0 Å². The average Bonchev–Trinajstić information content (AvgIpc) is 3.06. The summed E-state index contributed by atoms with van der Waals surface area (Å²) in [5, 5.41) is 17.5. The van der Waals surface area contributed by atoms with Gasteiger partial charge in [-0.05, 0) is 48.4 Å². The Labute approximate surface area is 195 Å². The molecule has 3 aromatic rings. The van der Waals surface area contributed by atoms with Gasteiger partial charge in [0.1, 0.15) is 12.3 Å². The number of nitrogens with one attached hydrogen (secondary N) is 1. The molecule has 0 amide bonds. The fourth-order valence-corrected chi connectivity index (χ4v) is 3.49. The van der Waals surface area contributed by atoms with Crippen LogP contribution in [0.1, 0.15) is 82.3 Å². The molecule has 0 aliphatic carbocycles. The van der Waals surface area contributed by atoms with Gasteiger partial charge in [0.15, 0.2) is 11.4 Å². The van der Waals surface area contributed by atoms with Crippen LogP contribution in [0.4, 0.5) is 0 Å². The van der Waals surface area contributed by atoms with Crippen molar-refractivity contribution >= 4 is 11.4 Å². The lowest BCUT2D eigenvalue weighted by Crippen LogP contribution is -2.26. The van der Waals surface area contributed by atoms with E-state index >= 15 is 0 Å². The van der Waals surface area contributed by atoms with Crippen LogP contribution in [0.5, 0.6) is 11.6 Å². The van der Waals surface area contributed by atoms with E-state index in [4.69, 9.17) is 14.9 Å². The summed E-state index contributed by atoms with van der Waals surface area (Å²) in [6.45, 7) is 15.4. The van der Waals surface area contributed by atoms with Gasteiger partial charge in [-0.2, -0.15) is 4.52 Å². The third-order valence-corrected chi connectivity index (χ3v) is 5.37. The third-order valence-electron chi connectivity index (χ3n) is 5.37. The predicted molar refractivity (Wildman–Crippen MR) is 127 cm³/mol. The number of hydrogen-bond acceptors (Lipinski definition) is 6. The number of benzene rings is 1. The molecule has 0 fully saturated rings. The standard InChI is InChI=1S/C25H35N5O3/c1-8-10-33-19-12-17(11-18(13-19)25(5,6)7)21(31)15-29-24(26)30-23(28-29)20(16(3)4)14-22(27-30)32-9-2/h11-14,16,26H,8-10,15H2,1-7H3. The van der Waals surface area contributed by atoms with Gasteiger partial charge in [0.2, 0.25) is 11.5 Å². The van der Waals surface area contributed by atoms with Crippen molar-refractivity contribution in [3.63, 3.8) is 0 Å². The second-order valence-electron chi connectivity index (χ2n) is 9.51. The summed E-state index contributed by atoms with van der Waals surface area (Å²) in [5.74, 6) is 1.14. The Morgan fingerprint density at radius 3 is 2.42 bits per heavy atom. The second kappa shape index (κ2) is 9.77. The first-order valence-corrected chi connectivity index (χ1v) is 11.5. The summed E-state index contributed by atoms with van der Waals surface area (Å²) < 4.78 is 14.2. The largest absolute Gasteiger partial charge is 0.494 e. The van der Waals surface area contributed by atoms with Crippen molar-refractivity contribution < 1.29 is 14.3 Å². The zero-order chi connectivity index (χ0) is 24.3. The summed E-state index contributed by atoms with van der Waals surface area (Å²) in [5.41, 5.74) is 2.93. The Bertz CT molecular complexity index is 1200. The van der Waals surface area contributed by atoms with Crippen molar-refractivity contribution in [2.75, 3.05) is 13.2 Å². The molecule has 0 radical (unpaired) electrons. The predicted octanol–water partition coefficient (Wildman–Crippen LogP) is 4.50. The smallest absolute Gasteiger partial charge is 0.242 e. The molecule has 0 aliphatic heterocycles. The molecule has 2 heterocycles. The van der Waals surface area contributed by atoms with Crippen molar-refractivity contribution in [1.82, 2.24) is 19.4 Å². The molecule has 8 heteroatoms. The van der Waals surface area contributed by atoms with Gasteiger partial charge >= 0.3 is 0 Å². The molecule has 0 atom stereocenters. The van der Waals surface area contributed by atoms with Gasteiger partial charge in [0.25, 0.3) is 0 Å². The molecule has 3 rings (SSSR count). The maximum atomic E-state index is 13.3. The lowest BCUT2D eigenvalue weighted by molar-refractivity contribution is 0.0965. The van der Waals surface area contributed by atoms with E-state index in [-0.39, 0.29) is 29.3 Å². The van der Waals surface area contributed by atoms with Crippen LogP contribution in [0.2, 0.25) is 0 Å². The molecule has 2 aromatic heterocycles. The maximum Gasteiger partial charge on any atom is 0.242 e. The quantitative estimate of drug-likeness (QED) is 0.481. The summed E-state index contributed by atoms with van der Waals surface area (Å²) in [6, 6.07) is 7.53. The molecule has 0 spiro atoms. The average molecular weight is 454 g/mol. The number of ether oxygens (including phenoxy) is 2. The molecule has 0 unspecified atom stereocenters. The Kier molecular flexibility index (Phi) is 7.25. The van der Waals surface area contributed by atoms with E-state index < -0.39 is 0 Å². The van der Waals surface area contributed by atoms with Crippen molar-refractivity contribution in [3.8, 4) is 11.6 Å². The molecule has 0 saturated heterocycles. The van der Waals surface area contributed by atoms with Gasteiger partial charge in [-0.1, -0.05) is 41.5 Å². The number of carbonyl (C=O) groups is 1. The molecule has 178 valence electrons. The van der Waals surface area contributed by atoms with E-state index in [1.807, 2.05) is 32.0 Å². The fourth-order valence-electron chi connectivity index (χ4n) is 3.49. The lowest BCUT2D eigenvalue weighted by Gasteiger charge is -2.21. The first-order chi connectivity index (χ1) is 15.5. The molecule has 8 nitrogen and oxygen atoms in total. The van der Waals surface area contributed by atoms with Crippen LogP contribution in [-0.4, -0.2) is 38.4 Å². The Morgan fingerprint density at radius 2 is 1.82 bits per heavy atom. The van der Waals surface area contributed by atoms with E-state index in [0.29, 0.717) is 36.1 Å². The van der Waals surface area contributed by atoms with E-state index in [2.05, 4.69) is 44.8 Å². The molecule has 0 aliphatic rings. The lowest BCUT2D eigenvalue weighted by atomic mass is 9.85. The van der Waals surface area contributed by atoms with Crippen molar-refractivity contribution in [2.45, 2.75) is 72.8 Å². The molecule has 1 aromatic carbocycles. The van der Waals surface area contributed by atoms with Gasteiger partial charge in [0, 0.05) is 17.2 Å². The molecule has 33 heavy (non-hydrogen) atoms. The number of aromatic nitrogens is 4. The first kappa shape index (κ1) is 24.5. The third kappa shape index (κ3) is 5.43.